The third-order valence-electron chi connectivity index (χ3n) is 6.64. The molecule has 1 N–H and O–H groups in total. The Bertz CT molecular complexity index is 847. The first kappa shape index (κ1) is 15.4. The van der Waals surface area contributed by atoms with E-state index in [0.29, 0.717) is 24.2 Å². The average Bonchev–Trinajstić information content (AvgIpc) is 2.82. The second-order valence-corrected chi connectivity index (χ2v) is 9.01. The van der Waals surface area contributed by atoms with Gasteiger partial charge in [0.2, 0.25) is 5.91 Å². The highest BCUT2D eigenvalue weighted by Crippen LogP contribution is 2.56. The molecule has 2 aliphatic carbocycles. The van der Waals surface area contributed by atoms with Crippen LogP contribution in [0, 0.1) is 11.3 Å². The lowest BCUT2D eigenvalue weighted by atomic mass is 9.56. The minimum Gasteiger partial charge on any atom is -0.390 e. The number of aromatic nitrogens is 2. The van der Waals surface area contributed by atoms with Crippen molar-refractivity contribution in [2.24, 2.45) is 18.4 Å². The highest BCUT2D eigenvalue weighted by atomic mass is 16.3. The van der Waals surface area contributed by atoms with Crippen molar-refractivity contribution in [3.8, 4) is 0 Å². The Balaban J connectivity index is 1.19. The predicted molar refractivity (Wildman–Crippen MR) is 95.0 cm³/mol. The third-order valence-corrected chi connectivity index (χ3v) is 6.64. The van der Waals surface area contributed by atoms with Gasteiger partial charge in [-0.15, -0.1) is 0 Å². The maximum atomic E-state index is 12.4. The van der Waals surface area contributed by atoms with Crippen LogP contribution in [0.5, 0.6) is 0 Å². The maximum absolute atomic E-state index is 12.4. The van der Waals surface area contributed by atoms with Gasteiger partial charge in [0.1, 0.15) is 5.65 Å². The minimum absolute atomic E-state index is 0.0490. The van der Waals surface area contributed by atoms with Crippen LogP contribution in [0.4, 0.5) is 0 Å². The molecule has 2 aromatic heterocycles. The zero-order valence-electron chi connectivity index (χ0n) is 14.9. The monoisotopic (exact) mass is 339 g/mol. The smallest absolute Gasteiger partial charge is 0.225 e. The molecular weight excluding hydrogens is 314 g/mol. The number of hydrogen-bond acceptors (Lipinski definition) is 3. The van der Waals surface area contributed by atoms with Crippen LogP contribution in [0.25, 0.3) is 11.0 Å². The van der Waals surface area contributed by atoms with Crippen LogP contribution in [0.2, 0.25) is 0 Å². The van der Waals surface area contributed by atoms with Gasteiger partial charge in [-0.05, 0) is 56.2 Å². The van der Waals surface area contributed by atoms with Gasteiger partial charge in [-0.3, -0.25) is 4.79 Å². The Morgan fingerprint density at radius 2 is 2.00 bits per heavy atom. The molecule has 132 valence electrons. The SMILES string of the molecule is Cn1ccc2cc(C3CC4(C3)CN(C(=O)[C@H]3C[C@@](C)(O)C3)C4)cnc21. The molecular formula is C20H25N3O2. The quantitative estimate of drug-likeness (QED) is 0.914. The van der Waals surface area contributed by atoms with Crippen molar-refractivity contribution in [1.29, 1.82) is 0 Å². The summed E-state index contributed by atoms with van der Waals surface area (Å²) >= 11 is 0. The number of likely N-dealkylation sites (tertiary alicyclic amines) is 1. The number of nitrogens with zero attached hydrogens (tertiary/aromatic N) is 3. The fraction of sp³-hybridized carbons (Fsp3) is 0.600. The largest absolute Gasteiger partial charge is 0.390 e. The zero-order valence-corrected chi connectivity index (χ0v) is 14.9. The summed E-state index contributed by atoms with van der Waals surface area (Å²) in [5, 5.41) is 11.0. The summed E-state index contributed by atoms with van der Waals surface area (Å²) in [5.74, 6) is 0.889. The van der Waals surface area contributed by atoms with E-state index in [1.807, 2.05) is 25.1 Å². The first-order valence-corrected chi connectivity index (χ1v) is 9.26. The van der Waals surface area contributed by atoms with Crippen molar-refractivity contribution < 1.29 is 9.90 Å². The van der Waals surface area contributed by atoms with Crippen LogP contribution in [0.15, 0.2) is 24.5 Å². The van der Waals surface area contributed by atoms with E-state index in [9.17, 15) is 9.90 Å². The maximum Gasteiger partial charge on any atom is 0.225 e. The van der Waals surface area contributed by atoms with Gasteiger partial charge in [0.15, 0.2) is 0 Å². The number of carbonyl (C=O) groups is 1. The Labute approximate surface area is 147 Å². The molecule has 5 nitrogen and oxygen atoms in total. The van der Waals surface area contributed by atoms with Crippen molar-refractivity contribution in [3.05, 3.63) is 30.1 Å². The van der Waals surface area contributed by atoms with Crippen molar-refractivity contribution >= 4 is 16.9 Å². The number of carbonyl (C=O) groups excluding carboxylic acids is 1. The van der Waals surface area contributed by atoms with Crippen LogP contribution >= 0.6 is 0 Å². The van der Waals surface area contributed by atoms with Gasteiger partial charge in [-0.25, -0.2) is 4.98 Å². The molecule has 0 aromatic carbocycles. The number of amides is 1. The molecule has 0 radical (unpaired) electrons. The average molecular weight is 339 g/mol. The topological polar surface area (TPSA) is 58.4 Å². The number of aryl methyl sites for hydroxylation is 1. The van der Waals surface area contributed by atoms with E-state index < -0.39 is 5.60 Å². The summed E-state index contributed by atoms with van der Waals surface area (Å²) in [5.41, 5.74) is 2.10. The molecule has 3 heterocycles. The second-order valence-electron chi connectivity index (χ2n) is 9.01. The molecule has 2 saturated carbocycles. The van der Waals surface area contributed by atoms with Crippen molar-refractivity contribution in [2.45, 2.75) is 44.1 Å². The van der Waals surface area contributed by atoms with Crippen molar-refractivity contribution in [3.63, 3.8) is 0 Å². The standard InChI is InChI=1S/C20H25N3O2/c1-19(25)6-16(7-19)18(24)23-11-20(12-23)8-15(9-20)14-5-13-3-4-22(2)17(13)21-10-14/h3-5,10,15-16,25H,6-9,11-12H2,1-2H3/t16-,19+. The molecule has 3 fully saturated rings. The molecule has 0 unspecified atom stereocenters. The van der Waals surface area contributed by atoms with Crippen LogP contribution in [0.1, 0.15) is 44.1 Å². The normalized spacial score (nSPS) is 30.8. The number of fused-ring (bicyclic) bond motifs is 1. The van der Waals surface area contributed by atoms with Crippen molar-refractivity contribution in [1.82, 2.24) is 14.5 Å². The van der Waals surface area contributed by atoms with Gasteiger partial charge >= 0.3 is 0 Å². The molecule has 0 atom stereocenters. The summed E-state index contributed by atoms with van der Waals surface area (Å²) in [6, 6.07) is 4.40. The van der Waals surface area contributed by atoms with Crippen LogP contribution in [-0.2, 0) is 11.8 Å². The van der Waals surface area contributed by atoms with Crippen LogP contribution in [0.3, 0.4) is 0 Å². The Morgan fingerprint density at radius 1 is 1.28 bits per heavy atom. The number of hydrogen-bond donors (Lipinski definition) is 1. The number of aliphatic hydroxyl groups is 1. The summed E-state index contributed by atoms with van der Waals surface area (Å²) in [6.07, 6.45) is 7.66. The molecule has 1 spiro atoms. The van der Waals surface area contributed by atoms with E-state index in [4.69, 9.17) is 0 Å². The zero-order chi connectivity index (χ0) is 17.4. The minimum atomic E-state index is -0.618. The van der Waals surface area contributed by atoms with E-state index in [-0.39, 0.29) is 11.8 Å². The molecule has 1 saturated heterocycles. The van der Waals surface area contributed by atoms with E-state index in [2.05, 4.69) is 27.9 Å². The third kappa shape index (κ3) is 2.32. The summed E-state index contributed by atoms with van der Waals surface area (Å²) in [6.45, 7) is 3.63. The Kier molecular flexibility index (Phi) is 2.98. The first-order valence-electron chi connectivity index (χ1n) is 9.26. The van der Waals surface area contributed by atoms with E-state index in [0.717, 1.165) is 18.7 Å². The molecule has 1 amide bonds. The molecule has 5 rings (SSSR count). The van der Waals surface area contributed by atoms with E-state index >= 15 is 0 Å². The second kappa shape index (κ2) is 4.85. The van der Waals surface area contributed by atoms with Gasteiger partial charge in [0.25, 0.3) is 0 Å². The fourth-order valence-corrected chi connectivity index (χ4v) is 5.23. The van der Waals surface area contributed by atoms with Crippen molar-refractivity contribution in [2.75, 3.05) is 13.1 Å². The molecule has 25 heavy (non-hydrogen) atoms. The van der Waals surface area contributed by atoms with Gasteiger partial charge in [-0.2, -0.15) is 0 Å². The highest BCUT2D eigenvalue weighted by molar-refractivity contribution is 5.81. The molecule has 3 aliphatic rings. The van der Waals surface area contributed by atoms with E-state index in [1.54, 1.807) is 0 Å². The molecule has 5 heteroatoms. The lowest BCUT2D eigenvalue weighted by molar-refractivity contribution is -0.168. The molecule has 1 aliphatic heterocycles. The summed E-state index contributed by atoms with van der Waals surface area (Å²) in [7, 11) is 2.02. The number of rotatable bonds is 2. The predicted octanol–water partition coefficient (Wildman–Crippen LogP) is 2.44. The van der Waals surface area contributed by atoms with Crippen LogP contribution < -0.4 is 0 Å². The number of pyridine rings is 1. The lowest BCUT2D eigenvalue weighted by Gasteiger charge is -2.60. The van der Waals surface area contributed by atoms with Gasteiger partial charge in [0, 0.05) is 49.2 Å². The first-order chi connectivity index (χ1) is 11.8. The Hall–Kier alpha value is -1.88. The van der Waals surface area contributed by atoms with Gasteiger partial charge in [-0.1, -0.05) is 0 Å². The van der Waals surface area contributed by atoms with Gasteiger partial charge < -0.3 is 14.6 Å². The molecule has 2 aromatic rings. The summed E-state index contributed by atoms with van der Waals surface area (Å²) < 4.78 is 2.05. The van der Waals surface area contributed by atoms with Gasteiger partial charge in [0.05, 0.1) is 5.60 Å². The molecule has 0 bridgehead atoms. The fourth-order valence-electron chi connectivity index (χ4n) is 5.23. The van der Waals surface area contributed by atoms with E-state index in [1.165, 1.54) is 23.8 Å². The summed E-state index contributed by atoms with van der Waals surface area (Å²) in [4.78, 5) is 19.0. The lowest BCUT2D eigenvalue weighted by Crippen LogP contribution is -2.65. The Morgan fingerprint density at radius 3 is 2.68 bits per heavy atom. The van der Waals surface area contributed by atoms with Crippen LogP contribution in [-0.4, -0.2) is 44.2 Å². The highest BCUT2D eigenvalue weighted by Gasteiger charge is 2.56.